The van der Waals surface area contributed by atoms with Gasteiger partial charge in [0.25, 0.3) is 0 Å². The lowest BCUT2D eigenvalue weighted by Crippen LogP contribution is -2.52. The molecule has 2 unspecified atom stereocenters. The van der Waals surface area contributed by atoms with E-state index in [-0.39, 0.29) is 17.9 Å². The molecule has 31 heavy (non-hydrogen) atoms. The van der Waals surface area contributed by atoms with Gasteiger partial charge in [0.2, 0.25) is 15.9 Å². The van der Waals surface area contributed by atoms with Crippen LogP contribution in [0.2, 0.25) is 0 Å². The van der Waals surface area contributed by atoms with E-state index in [1.807, 2.05) is 47.4 Å². The lowest BCUT2D eigenvalue weighted by Gasteiger charge is -2.36. The largest absolute Gasteiger partial charge is 0.340 e. The summed E-state index contributed by atoms with van der Waals surface area (Å²) in [6, 6.07) is 15.4. The summed E-state index contributed by atoms with van der Waals surface area (Å²) in [6.45, 7) is 2.05. The number of fused-ring (bicyclic) bond motifs is 1. The van der Waals surface area contributed by atoms with Gasteiger partial charge in [-0.25, -0.2) is 13.8 Å². The van der Waals surface area contributed by atoms with Crippen LogP contribution < -0.4 is 10.9 Å². The maximum absolute atomic E-state index is 13.2. The third-order valence-corrected chi connectivity index (χ3v) is 8.61. The van der Waals surface area contributed by atoms with Gasteiger partial charge in [0.05, 0.1) is 16.9 Å². The van der Waals surface area contributed by atoms with Gasteiger partial charge in [-0.1, -0.05) is 36.4 Å². The van der Waals surface area contributed by atoms with Crippen LogP contribution >= 0.6 is 0 Å². The average molecular weight is 441 g/mol. The van der Waals surface area contributed by atoms with Crippen molar-refractivity contribution in [3.05, 3.63) is 65.2 Å². The van der Waals surface area contributed by atoms with Gasteiger partial charge in [0.1, 0.15) is 0 Å². The molecule has 8 heteroatoms. The summed E-state index contributed by atoms with van der Waals surface area (Å²) in [6.07, 6.45) is 3.08. The van der Waals surface area contributed by atoms with Gasteiger partial charge in [-0.3, -0.25) is 10.2 Å². The Labute approximate surface area is 183 Å². The maximum atomic E-state index is 13.2. The summed E-state index contributed by atoms with van der Waals surface area (Å²) in [7, 11) is -3.53. The maximum Gasteiger partial charge on any atom is 0.243 e. The second-order valence-corrected chi connectivity index (χ2v) is 10.5. The first-order valence-electron chi connectivity index (χ1n) is 11.0. The molecular weight excluding hydrogens is 412 g/mol. The molecule has 1 aliphatic carbocycles. The van der Waals surface area contributed by atoms with E-state index in [9.17, 15) is 13.2 Å². The normalized spacial score (nSPS) is 24.3. The van der Waals surface area contributed by atoms with Crippen molar-refractivity contribution in [1.82, 2.24) is 20.1 Å². The molecule has 2 saturated heterocycles. The summed E-state index contributed by atoms with van der Waals surface area (Å²) in [4.78, 5) is 15.4. The van der Waals surface area contributed by atoms with Crippen LogP contribution in [0.1, 0.15) is 29.2 Å². The van der Waals surface area contributed by atoms with Crippen LogP contribution in [0.25, 0.3) is 0 Å². The van der Waals surface area contributed by atoms with Gasteiger partial charge in [-0.2, -0.15) is 4.31 Å². The first kappa shape index (κ1) is 20.6. The van der Waals surface area contributed by atoms with Crippen molar-refractivity contribution in [2.75, 3.05) is 32.7 Å². The number of rotatable bonds is 4. The molecule has 2 N–H and O–H groups in total. The highest BCUT2D eigenvalue weighted by molar-refractivity contribution is 7.89. The Bertz CT molecular complexity index is 1070. The Morgan fingerprint density at radius 1 is 0.935 bits per heavy atom. The zero-order chi connectivity index (χ0) is 21.4. The van der Waals surface area contributed by atoms with Crippen LogP contribution in [0, 0.1) is 5.92 Å². The van der Waals surface area contributed by atoms with Crippen LogP contribution in [0.3, 0.4) is 0 Å². The molecule has 2 aromatic carbocycles. The molecule has 164 valence electrons. The molecule has 0 radical (unpaired) electrons. The fourth-order valence-corrected chi connectivity index (χ4v) is 6.42. The highest BCUT2D eigenvalue weighted by atomic mass is 32.2. The number of hydrazine groups is 1. The van der Waals surface area contributed by atoms with Gasteiger partial charge < -0.3 is 4.90 Å². The summed E-state index contributed by atoms with van der Waals surface area (Å²) in [5.41, 5.74) is 9.82. The fourth-order valence-electron chi connectivity index (χ4n) is 4.94. The second-order valence-electron chi connectivity index (χ2n) is 8.53. The Morgan fingerprint density at radius 2 is 1.68 bits per heavy atom. The molecule has 7 nitrogen and oxygen atoms in total. The van der Waals surface area contributed by atoms with Gasteiger partial charge in [-0.15, -0.1) is 0 Å². The number of carbonyl (C=O) groups excluding carboxylic acids is 1. The van der Waals surface area contributed by atoms with Crippen molar-refractivity contribution in [3.63, 3.8) is 0 Å². The second kappa shape index (κ2) is 8.35. The molecule has 2 atom stereocenters. The average Bonchev–Trinajstić information content (AvgIpc) is 3.48. The van der Waals surface area contributed by atoms with Gasteiger partial charge in [-0.05, 0) is 48.1 Å². The smallest absolute Gasteiger partial charge is 0.243 e. The highest BCUT2D eigenvalue weighted by Gasteiger charge is 2.38. The molecule has 0 bridgehead atoms. The van der Waals surface area contributed by atoms with Crippen LogP contribution in [0.15, 0.2) is 53.4 Å². The summed E-state index contributed by atoms with van der Waals surface area (Å²) in [5, 5.41) is 0. The monoisotopic (exact) mass is 440 g/mol. The number of aryl methyl sites for hydroxylation is 2. The number of benzene rings is 2. The number of amides is 1. The Morgan fingerprint density at radius 3 is 2.45 bits per heavy atom. The fraction of sp³-hybridized carbons (Fsp3) is 0.435. The van der Waals surface area contributed by atoms with Gasteiger partial charge in [0.15, 0.2) is 0 Å². The minimum atomic E-state index is -3.53. The number of piperazine rings is 1. The highest BCUT2D eigenvalue weighted by Crippen LogP contribution is 2.29. The van der Waals surface area contributed by atoms with Crippen molar-refractivity contribution in [2.45, 2.75) is 30.2 Å². The first-order valence-corrected chi connectivity index (χ1v) is 12.4. The van der Waals surface area contributed by atoms with Crippen LogP contribution in [-0.4, -0.2) is 56.3 Å². The molecular formula is C23H28N4O3S. The third kappa shape index (κ3) is 3.89. The summed E-state index contributed by atoms with van der Waals surface area (Å²) >= 11 is 0. The molecule has 1 amide bonds. The van der Waals surface area contributed by atoms with Crippen molar-refractivity contribution in [1.29, 1.82) is 0 Å². The first-order chi connectivity index (χ1) is 15.0. The van der Waals surface area contributed by atoms with Crippen LogP contribution in [-0.2, 0) is 27.7 Å². The molecule has 2 heterocycles. The lowest BCUT2D eigenvalue weighted by atomic mass is 9.93. The molecule has 2 aromatic rings. The van der Waals surface area contributed by atoms with E-state index in [1.54, 1.807) is 6.07 Å². The molecule has 0 spiro atoms. The van der Waals surface area contributed by atoms with E-state index in [4.69, 9.17) is 0 Å². The number of hydrogen-bond acceptors (Lipinski definition) is 5. The van der Waals surface area contributed by atoms with E-state index in [1.165, 1.54) is 9.87 Å². The number of hydrogen-bond donors (Lipinski definition) is 2. The molecule has 2 fully saturated rings. The predicted octanol–water partition coefficient (Wildman–Crippen LogP) is 1.47. The number of carbonyl (C=O) groups is 1. The number of nitrogens with zero attached hydrogens (tertiary/aromatic N) is 2. The van der Waals surface area contributed by atoms with Crippen molar-refractivity contribution in [3.8, 4) is 0 Å². The zero-order valence-corrected chi connectivity index (χ0v) is 18.3. The summed E-state index contributed by atoms with van der Waals surface area (Å²) < 4.78 is 27.8. The Kier molecular flexibility index (Phi) is 5.56. The zero-order valence-electron chi connectivity index (χ0n) is 17.5. The minimum absolute atomic E-state index is 0.0703. The molecule has 0 aromatic heterocycles. The standard InChI is InChI=1S/C23H28N4O3S/c28-23(21-16-24-25-22(21)18-5-2-1-3-6-18)26-11-13-27(14-12-26)31(29,30)20-10-9-17-7-4-8-19(17)15-20/h1-3,5-6,9-10,15,21-22,24-25H,4,7-8,11-14,16H2. The number of nitrogens with one attached hydrogen (secondary N) is 2. The van der Waals surface area contributed by atoms with E-state index in [0.717, 1.165) is 30.4 Å². The molecule has 5 rings (SSSR count). The SMILES string of the molecule is O=C(C1CNNC1c1ccccc1)N1CCN(S(=O)(=O)c2ccc3c(c2)CCC3)CC1. The van der Waals surface area contributed by atoms with E-state index >= 15 is 0 Å². The third-order valence-electron chi connectivity index (χ3n) is 6.72. The molecule has 0 saturated carbocycles. The molecule has 3 aliphatic rings. The van der Waals surface area contributed by atoms with Gasteiger partial charge in [0, 0.05) is 32.7 Å². The minimum Gasteiger partial charge on any atom is -0.340 e. The predicted molar refractivity (Wildman–Crippen MR) is 118 cm³/mol. The quantitative estimate of drug-likeness (QED) is 0.753. The van der Waals surface area contributed by atoms with Crippen LogP contribution in [0.4, 0.5) is 0 Å². The van der Waals surface area contributed by atoms with E-state index in [0.29, 0.717) is 37.6 Å². The molecule has 2 aliphatic heterocycles. The Hall–Kier alpha value is -2.26. The summed E-state index contributed by atoms with van der Waals surface area (Å²) in [5.74, 6) is -0.136. The van der Waals surface area contributed by atoms with Crippen LogP contribution in [0.5, 0.6) is 0 Å². The van der Waals surface area contributed by atoms with Crippen molar-refractivity contribution < 1.29 is 13.2 Å². The lowest BCUT2D eigenvalue weighted by molar-refractivity contribution is -0.136. The van der Waals surface area contributed by atoms with Crippen molar-refractivity contribution >= 4 is 15.9 Å². The van der Waals surface area contributed by atoms with E-state index < -0.39 is 10.0 Å². The topological polar surface area (TPSA) is 81.8 Å². The van der Waals surface area contributed by atoms with E-state index in [2.05, 4.69) is 10.9 Å². The Balaban J connectivity index is 1.25. The van der Waals surface area contributed by atoms with Crippen molar-refractivity contribution in [2.24, 2.45) is 5.92 Å². The number of sulfonamides is 1. The van der Waals surface area contributed by atoms with Gasteiger partial charge >= 0.3 is 0 Å².